The van der Waals surface area contributed by atoms with Crippen molar-refractivity contribution in [3.63, 3.8) is 0 Å². The molecule has 3 atom stereocenters. The van der Waals surface area contributed by atoms with Crippen molar-refractivity contribution in [2.75, 3.05) is 6.54 Å². The molecular weight excluding hydrogens is 258 g/mol. The summed E-state index contributed by atoms with van der Waals surface area (Å²) in [4.78, 5) is 0. The van der Waals surface area contributed by atoms with Gasteiger partial charge in [-0.15, -0.1) is 0 Å². The summed E-state index contributed by atoms with van der Waals surface area (Å²) in [5.74, 6) is 4.07. The van der Waals surface area contributed by atoms with E-state index in [0.717, 1.165) is 24.0 Å². The predicted molar refractivity (Wildman–Crippen MR) is 87.4 cm³/mol. The van der Waals surface area contributed by atoms with Gasteiger partial charge in [0.05, 0.1) is 0 Å². The van der Waals surface area contributed by atoms with Crippen LogP contribution in [0.4, 0.5) is 0 Å². The maximum Gasteiger partial charge on any atom is 0.109 e. The molecule has 0 saturated heterocycles. The highest BCUT2D eigenvalue weighted by atomic mass is 16.3. The van der Waals surface area contributed by atoms with Gasteiger partial charge in [0.1, 0.15) is 11.5 Å². The van der Waals surface area contributed by atoms with Gasteiger partial charge in [0.2, 0.25) is 0 Å². The second kappa shape index (κ2) is 5.79. The standard InChI is InChI=1S/C19H31NO/c1-13-6-5-7-15(8-13)12-20-17-10-19(3,4)11-18-16(17)9-14(2)21-18/h9,13,15,17,20H,5-8,10-12H2,1-4H3. The lowest BCUT2D eigenvalue weighted by atomic mass is 9.74. The van der Waals surface area contributed by atoms with Gasteiger partial charge < -0.3 is 9.73 Å². The summed E-state index contributed by atoms with van der Waals surface area (Å²) in [6.45, 7) is 10.4. The van der Waals surface area contributed by atoms with E-state index in [9.17, 15) is 0 Å². The molecule has 0 bridgehead atoms. The summed E-state index contributed by atoms with van der Waals surface area (Å²) in [5, 5.41) is 3.88. The number of fused-ring (bicyclic) bond motifs is 1. The Bertz CT molecular complexity index is 488. The van der Waals surface area contributed by atoms with Crippen LogP contribution in [0, 0.1) is 24.2 Å². The highest BCUT2D eigenvalue weighted by Gasteiger charge is 2.35. The molecule has 1 heterocycles. The molecule has 1 saturated carbocycles. The molecule has 0 aromatic carbocycles. The van der Waals surface area contributed by atoms with Crippen LogP contribution in [0.25, 0.3) is 0 Å². The smallest absolute Gasteiger partial charge is 0.109 e. The first-order valence-electron chi connectivity index (χ1n) is 8.75. The van der Waals surface area contributed by atoms with Gasteiger partial charge >= 0.3 is 0 Å². The van der Waals surface area contributed by atoms with Crippen molar-refractivity contribution < 1.29 is 4.42 Å². The molecule has 118 valence electrons. The van der Waals surface area contributed by atoms with Crippen molar-refractivity contribution >= 4 is 0 Å². The second-order valence-electron chi connectivity index (χ2n) is 8.38. The van der Waals surface area contributed by atoms with E-state index < -0.39 is 0 Å². The molecule has 0 aliphatic heterocycles. The first kappa shape index (κ1) is 15.1. The minimum atomic E-state index is 0.342. The van der Waals surface area contributed by atoms with Crippen molar-refractivity contribution in [3.05, 3.63) is 23.2 Å². The van der Waals surface area contributed by atoms with Gasteiger partial charge in [0.25, 0.3) is 0 Å². The Morgan fingerprint density at radius 3 is 2.90 bits per heavy atom. The molecule has 1 aromatic rings. The third kappa shape index (κ3) is 3.53. The van der Waals surface area contributed by atoms with Crippen molar-refractivity contribution in [2.24, 2.45) is 17.3 Å². The molecule has 0 spiro atoms. The fourth-order valence-corrected chi connectivity index (χ4v) is 4.42. The lowest BCUT2D eigenvalue weighted by molar-refractivity contribution is 0.214. The normalized spacial score (nSPS) is 31.9. The molecule has 2 heteroatoms. The number of furan rings is 1. The van der Waals surface area contributed by atoms with E-state index in [1.807, 2.05) is 0 Å². The minimum Gasteiger partial charge on any atom is -0.466 e. The van der Waals surface area contributed by atoms with Gasteiger partial charge in [-0.2, -0.15) is 0 Å². The molecule has 21 heavy (non-hydrogen) atoms. The summed E-state index contributed by atoms with van der Waals surface area (Å²) < 4.78 is 5.94. The van der Waals surface area contributed by atoms with Crippen LogP contribution in [0.2, 0.25) is 0 Å². The maximum atomic E-state index is 5.94. The van der Waals surface area contributed by atoms with Crippen LogP contribution >= 0.6 is 0 Å². The molecule has 1 fully saturated rings. The van der Waals surface area contributed by atoms with Gasteiger partial charge in [-0.05, 0) is 56.0 Å². The fraction of sp³-hybridized carbons (Fsp3) is 0.789. The monoisotopic (exact) mass is 289 g/mol. The van der Waals surface area contributed by atoms with Crippen LogP contribution in [0.15, 0.2) is 10.5 Å². The Labute approximate surface area is 129 Å². The van der Waals surface area contributed by atoms with Crippen LogP contribution in [0.1, 0.15) is 76.0 Å². The number of nitrogens with one attached hydrogen (secondary N) is 1. The molecule has 0 radical (unpaired) electrons. The minimum absolute atomic E-state index is 0.342. The molecule has 1 N–H and O–H groups in total. The Kier molecular flexibility index (Phi) is 4.18. The zero-order valence-electron chi connectivity index (χ0n) is 14.2. The Balaban J connectivity index is 1.67. The van der Waals surface area contributed by atoms with Crippen molar-refractivity contribution in [1.29, 1.82) is 0 Å². The topological polar surface area (TPSA) is 25.2 Å². The van der Waals surface area contributed by atoms with E-state index in [-0.39, 0.29) is 0 Å². The van der Waals surface area contributed by atoms with Crippen LogP contribution in [0.3, 0.4) is 0 Å². The van der Waals surface area contributed by atoms with E-state index in [0.29, 0.717) is 11.5 Å². The number of hydrogen-bond acceptors (Lipinski definition) is 2. The van der Waals surface area contributed by atoms with Gasteiger partial charge in [0, 0.05) is 18.0 Å². The van der Waals surface area contributed by atoms with Gasteiger partial charge in [-0.1, -0.05) is 33.6 Å². The summed E-state index contributed by atoms with van der Waals surface area (Å²) in [5.41, 5.74) is 1.77. The third-order valence-corrected chi connectivity index (χ3v) is 5.43. The maximum absolute atomic E-state index is 5.94. The van der Waals surface area contributed by atoms with E-state index >= 15 is 0 Å². The largest absolute Gasteiger partial charge is 0.466 e. The van der Waals surface area contributed by atoms with Gasteiger partial charge in [0.15, 0.2) is 0 Å². The fourth-order valence-electron chi connectivity index (χ4n) is 4.42. The van der Waals surface area contributed by atoms with Crippen LogP contribution in [0.5, 0.6) is 0 Å². The predicted octanol–water partition coefficient (Wildman–Crippen LogP) is 5.02. The van der Waals surface area contributed by atoms with Crippen molar-refractivity contribution in [1.82, 2.24) is 5.32 Å². The van der Waals surface area contributed by atoms with E-state index in [1.165, 1.54) is 50.0 Å². The van der Waals surface area contributed by atoms with Crippen molar-refractivity contribution in [2.45, 2.75) is 72.3 Å². The molecule has 3 unspecified atom stereocenters. The second-order valence-corrected chi connectivity index (χ2v) is 8.38. The molecule has 0 amide bonds. The zero-order chi connectivity index (χ0) is 15.0. The third-order valence-electron chi connectivity index (χ3n) is 5.43. The van der Waals surface area contributed by atoms with E-state index in [2.05, 4.69) is 39.1 Å². The molecule has 2 aliphatic carbocycles. The lowest BCUT2D eigenvalue weighted by Crippen LogP contribution is -2.36. The Morgan fingerprint density at radius 1 is 1.33 bits per heavy atom. The molecule has 2 nitrogen and oxygen atoms in total. The first-order chi connectivity index (χ1) is 9.93. The first-order valence-corrected chi connectivity index (χ1v) is 8.75. The highest BCUT2D eigenvalue weighted by molar-refractivity contribution is 5.29. The highest BCUT2D eigenvalue weighted by Crippen LogP contribution is 2.42. The zero-order valence-corrected chi connectivity index (χ0v) is 14.2. The number of hydrogen-bond donors (Lipinski definition) is 1. The van der Waals surface area contributed by atoms with Gasteiger partial charge in [-0.3, -0.25) is 0 Å². The number of aryl methyl sites for hydroxylation is 1. The van der Waals surface area contributed by atoms with Crippen LogP contribution in [-0.4, -0.2) is 6.54 Å². The Morgan fingerprint density at radius 2 is 2.14 bits per heavy atom. The SMILES string of the molecule is Cc1cc2c(o1)CC(C)(C)CC2NCC1CCCC(C)C1. The molecular formula is C19H31NO. The van der Waals surface area contributed by atoms with Crippen LogP contribution in [-0.2, 0) is 6.42 Å². The summed E-state index contributed by atoms with van der Waals surface area (Å²) in [7, 11) is 0. The van der Waals surface area contributed by atoms with Gasteiger partial charge in [-0.25, -0.2) is 0 Å². The summed E-state index contributed by atoms with van der Waals surface area (Å²) in [6.07, 6.45) is 7.96. The van der Waals surface area contributed by atoms with Crippen molar-refractivity contribution in [3.8, 4) is 0 Å². The van der Waals surface area contributed by atoms with E-state index in [4.69, 9.17) is 4.42 Å². The summed E-state index contributed by atoms with van der Waals surface area (Å²) in [6, 6.07) is 2.74. The van der Waals surface area contributed by atoms with E-state index in [1.54, 1.807) is 0 Å². The lowest BCUT2D eigenvalue weighted by Gasteiger charge is -2.36. The quantitative estimate of drug-likeness (QED) is 0.845. The Hall–Kier alpha value is -0.760. The average Bonchev–Trinajstić information content (AvgIpc) is 2.75. The average molecular weight is 289 g/mol. The molecule has 3 rings (SSSR count). The van der Waals surface area contributed by atoms with Crippen LogP contribution < -0.4 is 5.32 Å². The number of rotatable bonds is 3. The summed E-state index contributed by atoms with van der Waals surface area (Å²) >= 11 is 0. The molecule has 1 aromatic heterocycles. The molecule has 2 aliphatic rings.